The van der Waals surface area contributed by atoms with Gasteiger partial charge in [-0.05, 0) is 42.5 Å². The molecule has 3 aromatic carbocycles. The van der Waals surface area contributed by atoms with E-state index in [1.807, 2.05) is 30.3 Å². The summed E-state index contributed by atoms with van der Waals surface area (Å²) in [6.07, 6.45) is 0. The lowest BCUT2D eigenvalue weighted by Crippen LogP contribution is -2.28. The predicted molar refractivity (Wildman–Crippen MR) is 113 cm³/mol. The Kier molecular flexibility index (Phi) is 5.72. The number of carbonyl (C=O) groups excluding carboxylic acids is 1. The Morgan fingerprint density at radius 3 is 2.00 bits per heavy atom. The third-order valence-electron chi connectivity index (χ3n) is 4.39. The molecule has 5 nitrogen and oxygen atoms in total. The third kappa shape index (κ3) is 3.88. The number of halogens is 1. The standard InChI is InChI=1S/C21H19ClN2O3S/c1-23(16-9-5-3-6-10-16)21(25)19-15-17(13-14-20(19)22)24(2)28(26,27)18-11-7-4-8-12-18/h3-15H,1-2H3. The van der Waals surface area contributed by atoms with E-state index in [1.54, 1.807) is 31.3 Å². The molecule has 0 unspecified atom stereocenters. The van der Waals surface area contributed by atoms with E-state index in [9.17, 15) is 13.2 Å². The second kappa shape index (κ2) is 8.04. The Hall–Kier alpha value is -2.83. The van der Waals surface area contributed by atoms with Crippen LogP contribution in [0.25, 0.3) is 0 Å². The van der Waals surface area contributed by atoms with E-state index in [0.717, 1.165) is 4.31 Å². The van der Waals surface area contributed by atoms with Gasteiger partial charge < -0.3 is 4.90 Å². The van der Waals surface area contributed by atoms with E-state index < -0.39 is 10.0 Å². The lowest BCUT2D eigenvalue weighted by molar-refractivity contribution is 0.0993. The van der Waals surface area contributed by atoms with Crippen LogP contribution in [0.3, 0.4) is 0 Å². The lowest BCUT2D eigenvalue weighted by atomic mass is 10.1. The number of sulfonamides is 1. The van der Waals surface area contributed by atoms with Gasteiger partial charge in [-0.3, -0.25) is 9.10 Å². The highest BCUT2D eigenvalue weighted by atomic mass is 35.5. The number of rotatable bonds is 5. The molecule has 0 aliphatic rings. The van der Waals surface area contributed by atoms with Crippen LogP contribution in [0.2, 0.25) is 5.02 Å². The van der Waals surface area contributed by atoms with Gasteiger partial charge in [0, 0.05) is 19.8 Å². The maximum Gasteiger partial charge on any atom is 0.264 e. The summed E-state index contributed by atoms with van der Waals surface area (Å²) in [4.78, 5) is 14.6. The number of anilines is 2. The minimum Gasteiger partial charge on any atom is -0.311 e. The quantitative estimate of drug-likeness (QED) is 0.620. The van der Waals surface area contributed by atoms with Gasteiger partial charge >= 0.3 is 0 Å². The van der Waals surface area contributed by atoms with Crippen LogP contribution in [0.5, 0.6) is 0 Å². The average molecular weight is 415 g/mol. The summed E-state index contributed by atoms with van der Waals surface area (Å²) in [7, 11) is -0.665. The molecule has 7 heteroatoms. The largest absolute Gasteiger partial charge is 0.311 e. The Balaban J connectivity index is 1.96. The third-order valence-corrected chi connectivity index (χ3v) is 6.52. The van der Waals surface area contributed by atoms with Crippen molar-refractivity contribution >= 4 is 38.9 Å². The first-order chi connectivity index (χ1) is 13.3. The summed E-state index contributed by atoms with van der Waals surface area (Å²) < 4.78 is 26.8. The monoisotopic (exact) mass is 414 g/mol. The molecule has 0 aromatic heterocycles. The highest BCUT2D eigenvalue weighted by Crippen LogP contribution is 2.28. The van der Waals surface area contributed by atoms with Crippen LogP contribution >= 0.6 is 11.6 Å². The summed E-state index contributed by atoms with van der Waals surface area (Å²) in [5.41, 5.74) is 1.28. The number of hydrogen-bond donors (Lipinski definition) is 0. The fourth-order valence-electron chi connectivity index (χ4n) is 2.71. The highest BCUT2D eigenvalue weighted by Gasteiger charge is 2.23. The second-order valence-corrected chi connectivity index (χ2v) is 8.53. The molecule has 3 rings (SSSR count). The molecule has 0 atom stereocenters. The smallest absolute Gasteiger partial charge is 0.264 e. The van der Waals surface area contributed by atoms with Crippen LogP contribution < -0.4 is 9.21 Å². The fraction of sp³-hybridized carbons (Fsp3) is 0.0952. The number of benzene rings is 3. The fourth-order valence-corrected chi connectivity index (χ4v) is 4.12. The van der Waals surface area contributed by atoms with Gasteiger partial charge in [0.05, 0.1) is 21.2 Å². The van der Waals surface area contributed by atoms with Gasteiger partial charge in [-0.25, -0.2) is 8.42 Å². The lowest BCUT2D eigenvalue weighted by Gasteiger charge is -2.22. The van der Waals surface area contributed by atoms with Gasteiger partial charge in [0.1, 0.15) is 0 Å². The molecule has 144 valence electrons. The minimum absolute atomic E-state index is 0.168. The first-order valence-corrected chi connectivity index (χ1v) is 10.3. The maximum absolute atomic E-state index is 12.9. The number of hydrogen-bond acceptors (Lipinski definition) is 3. The summed E-state index contributed by atoms with van der Waals surface area (Å²) >= 11 is 6.24. The summed E-state index contributed by atoms with van der Waals surface area (Å²) in [5, 5.41) is 0.252. The molecule has 0 spiro atoms. The van der Waals surface area contributed by atoms with E-state index in [-0.39, 0.29) is 21.4 Å². The molecule has 1 amide bonds. The Labute approximate surface area is 169 Å². The van der Waals surface area contributed by atoms with E-state index in [4.69, 9.17) is 11.6 Å². The highest BCUT2D eigenvalue weighted by molar-refractivity contribution is 7.92. The van der Waals surface area contributed by atoms with E-state index in [2.05, 4.69) is 0 Å². The van der Waals surface area contributed by atoms with Gasteiger partial charge in [0.15, 0.2) is 0 Å². The first-order valence-electron chi connectivity index (χ1n) is 8.49. The number of nitrogens with zero attached hydrogens (tertiary/aromatic N) is 2. The number of para-hydroxylation sites is 1. The van der Waals surface area contributed by atoms with Crippen LogP contribution in [-0.2, 0) is 10.0 Å². The van der Waals surface area contributed by atoms with Crippen LogP contribution in [0.4, 0.5) is 11.4 Å². The normalized spacial score (nSPS) is 11.1. The van der Waals surface area contributed by atoms with E-state index in [1.165, 1.54) is 36.2 Å². The van der Waals surface area contributed by atoms with Crippen molar-refractivity contribution in [3.8, 4) is 0 Å². The van der Waals surface area contributed by atoms with Crippen molar-refractivity contribution < 1.29 is 13.2 Å². The Morgan fingerprint density at radius 2 is 1.39 bits per heavy atom. The van der Waals surface area contributed by atoms with Crippen molar-refractivity contribution in [2.75, 3.05) is 23.3 Å². The van der Waals surface area contributed by atoms with Crippen molar-refractivity contribution in [2.45, 2.75) is 4.90 Å². The zero-order valence-electron chi connectivity index (χ0n) is 15.4. The molecule has 0 N–H and O–H groups in total. The van der Waals surface area contributed by atoms with Crippen LogP contribution in [0.15, 0.2) is 83.8 Å². The number of amides is 1. The molecule has 28 heavy (non-hydrogen) atoms. The number of carbonyl (C=O) groups is 1. The molecule has 0 aliphatic carbocycles. The van der Waals surface area contributed by atoms with Crippen molar-refractivity contribution in [2.24, 2.45) is 0 Å². The molecule has 0 bridgehead atoms. The predicted octanol–water partition coefficient (Wildman–Crippen LogP) is 4.44. The van der Waals surface area contributed by atoms with Crippen molar-refractivity contribution in [3.05, 3.63) is 89.4 Å². The van der Waals surface area contributed by atoms with Crippen LogP contribution in [-0.4, -0.2) is 28.4 Å². The molecular weight excluding hydrogens is 396 g/mol. The second-order valence-electron chi connectivity index (χ2n) is 6.15. The first kappa shape index (κ1) is 19.9. The molecule has 0 saturated carbocycles. The molecule has 0 aliphatic heterocycles. The molecule has 0 radical (unpaired) electrons. The van der Waals surface area contributed by atoms with Gasteiger partial charge in [-0.2, -0.15) is 0 Å². The Morgan fingerprint density at radius 1 is 0.821 bits per heavy atom. The summed E-state index contributed by atoms with van der Waals surface area (Å²) in [6.45, 7) is 0. The molecule has 0 saturated heterocycles. The van der Waals surface area contributed by atoms with Crippen molar-refractivity contribution in [1.82, 2.24) is 0 Å². The Bertz CT molecular complexity index is 1090. The molecule has 3 aromatic rings. The van der Waals surface area contributed by atoms with Crippen LogP contribution in [0, 0.1) is 0 Å². The van der Waals surface area contributed by atoms with Crippen molar-refractivity contribution in [1.29, 1.82) is 0 Å². The van der Waals surface area contributed by atoms with Gasteiger partial charge in [-0.1, -0.05) is 48.0 Å². The van der Waals surface area contributed by atoms with Gasteiger partial charge in [-0.15, -0.1) is 0 Å². The topological polar surface area (TPSA) is 57.7 Å². The molecule has 0 heterocycles. The SMILES string of the molecule is CN(C(=O)c1cc(N(C)S(=O)(=O)c2ccccc2)ccc1Cl)c1ccccc1. The summed E-state index contributed by atoms with van der Waals surface area (Å²) in [6, 6.07) is 21.8. The zero-order valence-corrected chi connectivity index (χ0v) is 17.0. The van der Waals surface area contributed by atoms with Crippen LogP contribution in [0.1, 0.15) is 10.4 Å². The average Bonchev–Trinajstić information content (AvgIpc) is 2.73. The summed E-state index contributed by atoms with van der Waals surface area (Å²) in [5.74, 6) is -0.330. The zero-order chi connectivity index (χ0) is 20.3. The van der Waals surface area contributed by atoms with E-state index in [0.29, 0.717) is 11.4 Å². The van der Waals surface area contributed by atoms with E-state index >= 15 is 0 Å². The van der Waals surface area contributed by atoms with Gasteiger partial charge in [0.2, 0.25) is 0 Å². The minimum atomic E-state index is -3.75. The molecular formula is C21H19ClN2O3S. The molecule has 0 fully saturated rings. The maximum atomic E-state index is 12.9. The van der Waals surface area contributed by atoms with Crippen molar-refractivity contribution in [3.63, 3.8) is 0 Å². The van der Waals surface area contributed by atoms with Gasteiger partial charge in [0.25, 0.3) is 15.9 Å².